The van der Waals surface area contributed by atoms with Gasteiger partial charge in [0.05, 0.1) is 6.54 Å². The summed E-state index contributed by atoms with van der Waals surface area (Å²) in [5.41, 5.74) is 1.32. The number of Topliss-reactive ketones (excluding diaryl/α,β-unsaturated/α-hetero) is 1. The first kappa shape index (κ1) is 20.4. The molecule has 1 heterocycles. The van der Waals surface area contributed by atoms with Crippen molar-refractivity contribution in [1.82, 2.24) is 4.90 Å². The normalized spacial score (nSPS) is 30.9. The number of hydrogen-bond donors (Lipinski definition) is 1. The molecule has 1 aromatic carbocycles. The Labute approximate surface area is 173 Å². The Kier molecular flexibility index (Phi) is 5.67. The highest BCUT2D eigenvalue weighted by atomic mass is 16.6. The number of carbonyl (C=O) groups excluding carboxylic acids is 2. The molecule has 5 nitrogen and oxygen atoms in total. The molecule has 3 saturated carbocycles. The first-order valence-corrected chi connectivity index (χ1v) is 10.7. The average Bonchev–Trinajstić information content (AvgIpc) is 3.07. The number of ketones is 1. The van der Waals surface area contributed by atoms with E-state index in [4.69, 9.17) is 4.65 Å². The number of likely N-dealkylation sites (tertiary alicyclic amines) is 1. The zero-order valence-electron chi connectivity index (χ0n) is 17.3. The lowest BCUT2D eigenvalue weighted by Gasteiger charge is -2.60. The summed E-state index contributed by atoms with van der Waals surface area (Å²) in [6.45, 7) is 6.34. The molecule has 0 spiro atoms. The zero-order valence-corrected chi connectivity index (χ0v) is 17.3. The zero-order chi connectivity index (χ0) is 20.6. The van der Waals surface area contributed by atoms with Gasteiger partial charge in [-0.25, -0.2) is 0 Å². The van der Waals surface area contributed by atoms with Crippen molar-refractivity contribution in [2.45, 2.75) is 33.1 Å². The molecule has 3 aliphatic carbocycles. The lowest BCUT2D eigenvalue weighted by atomic mass is 9.45. The van der Waals surface area contributed by atoms with Gasteiger partial charge >= 0.3 is 13.1 Å². The molecular weight excluding hydrogens is 365 g/mol. The predicted molar refractivity (Wildman–Crippen MR) is 113 cm³/mol. The van der Waals surface area contributed by atoms with Crippen LogP contribution in [0.1, 0.15) is 38.7 Å². The molecule has 4 aliphatic rings. The fraction of sp³-hybridized carbons (Fsp3) is 0.565. The Hall–Kier alpha value is -1.92. The number of hydrogen-bond acceptors (Lipinski definition) is 5. The maximum absolute atomic E-state index is 12.4. The van der Waals surface area contributed by atoms with E-state index < -0.39 is 19.0 Å². The minimum atomic E-state index is -1.35. The highest BCUT2D eigenvalue weighted by Gasteiger charge is 2.54. The molecule has 1 saturated heterocycles. The molecule has 5 rings (SSSR count). The van der Waals surface area contributed by atoms with Crippen LogP contribution >= 0.6 is 0 Å². The number of carbonyl (C=O) groups is 2. The van der Waals surface area contributed by atoms with E-state index in [0.717, 1.165) is 23.9 Å². The Balaban J connectivity index is 1.28. The van der Waals surface area contributed by atoms with Crippen LogP contribution in [0.2, 0.25) is 0 Å². The second-order valence-electron chi connectivity index (χ2n) is 9.51. The first-order valence-electron chi connectivity index (χ1n) is 10.7. The molecule has 0 aromatic heterocycles. The van der Waals surface area contributed by atoms with Crippen molar-refractivity contribution in [2.75, 3.05) is 19.6 Å². The molecule has 4 atom stereocenters. The molecule has 154 valence electrons. The molecule has 1 N–H and O–H groups in total. The van der Waals surface area contributed by atoms with Crippen LogP contribution in [-0.2, 0) is 14.2 Å². The third-order valence-corrected chi connectivity index (χ3v) is 7.48. The van der Waals surface area contributed by atoms with Crippen molar-refractivity contribution in [3.8, 4) is 0 Å². The van der Waals surface area contributed by atoms with E-state index in [9.17, 15) is 14.6 Å². The molecule has 4 fully saturated rings. The van der Waals surface area contributed by atoms with Crippen molar-refractivity contribution < 1.29 is 19.3 Å². The number of nitrogens with zero attached hydrogens (tertiary/aromatic N) is 1. The van der Waals surface area contributed by atoms with E-state index in [0.29, 0.717) is 24.4 Å². The summed E-state index contributed by atoms with van der Waals surface area (Å²) in [4.78, 5) is 26.9. The molecule has 1 aliphatic heterocycles. The standard InChI is InChI=1S/C23H30BNO4/c1-23(2)18-9-8-17(20(23)12-18)13-25-14-19(21(26)15-25)22(27)29-24(28)11-10-16-6-4-3-5-7-16/h3-7,10-11,17-20,28H,8-9,12-15H2,1-2H3/b11-10+/t17-,18-,19?,20?/m1/s1. The molecule has 0 amide bonds. The lowest BCUT2D eigenvalue weighted by molar-refractivity contribution is -0.143. The van der Waals surface area contributed by atoms with Crippen molar-refractivity contribution >= 4 is 24.9 Å². The predicted octanol–water partition coefficient (Wildman–Crippen LogP) is 2.84. The molecule has 0 radical (unpaired) electrons. The second-order valence-corrected chi connectivity index (χ2v) is 9.51. The van der Waals surface area contributed by atoms with E-state index in [2.05, 4.69) is 18.7 Å². The summed E-state index contributed by atoms with van der Waals surface area (Å²) in [7, 11) is -1.35. The van der Waals surface area contributed by atoms with Gasteiger partial charge in [-0.05, 0) is 54.0 Å². The summed E-state index contributed by atoms with van der Waals surface area (Å²) >= 11 is 0. The summed E-state index contributed by atoms with van der Waals surface area (Å²) in [5.74, 6) is 2.09. The summed E-state index contributed by atoms with van der Waals surface area (Å²) in [6.07, 6.45) is 5.51. The van der Waals surface area contributed by atoms with Crippen LogP contribution in [0.3, 0.4) is 0 Å². The summed E-state index contributed by atoms with van der Waals surface area (Å²) in [5, 5.41) is 10.00. The van der Waals surface area contributed by atoms with Gasteiger partial charge < -0.3 is 9.68 Å². The molecule has 29 heavy (non-hydrogen) atoms. The quantitative estimate of drug-likeness (QED) is 0.593. The van der Waals surface area contributed by atoms with Crippen molar-refractivity contribution in [2.24, 2.45) is 29.1 Å². The van der Waals surface area contributed by atoms with Crippen molar-refractivity contribution in [3.63, 3.8) is 0 Å². The summed E-state index contributed by atoms with van der Waals surface area (Å²) < 4.78 is 5.11. The Morgan fingerprint density at radius 3 is 2.76 bits per heavy atom. The van der Waals surface area contributed by atoms with Crippen LogP contribution in [0.15, 0.2) is 36.3 Å². The highest BCUT2D eigenvalue weighted by molar-refractivity contribution is 6.52. The van der Waals surface area contributed by atoms with Gasteiger partial charge in [0, 0.05) is 13.1 Å². The van der Waals surface area contributed by atoms with E-state index in [1.54, 1.807) is 6.08 Å². The number of rotatable bonds is 6. The van der Waals surface area contributed by atoms with Crippen LogP contribution in [0.4, 0.5) is 0 Å². The third-order valence-electron chi connectivity index (χ3n) is 7.48. The Morgan fingerprint density at radius 1 is 1.31 bits per heavy atom. The van der Waals surface area contributed by atoms with E-state index in [1.807, 2.05) is 30.3 Å². The second kappa shape index (κ2) is 8.08. The number of fused-ring (bicyclic) bond motifs is 2. The van der Waals surface area contributed by atoms with Crippen molar-refractivity contribution in [1.29, 1.82) is 0 Å². The minimum absolute atomic E-state index is 0.101. The third kappa shape index (κ3) is 4.19. The minimum Gasteiger partial charge on any atom is -0.506 e. The van der Waals surface area contributed by atoms with Crippen LogP contribution < -0.4 is 0 Å². The molecule has 2 bridgehead atoms. The number of benzene rings is 1. The molecule has 2 unspecified atom stereocenters. The smallest absolute Gasteiger partial charge is 0.506 e. The highest BCUT2D eigenvalue weighted by Crippen LogP contribution is 2.61. The summed E-state index contributed by atoms with van der Waals surface area (Å²) in [6, 6.07) is 9.46. The topological polar surface area (TPSA) is 66.8 Å². The van der Waals surface area contributed by atoms with Crippen LogP contribution in [0, 0.1) is 29.1 Å². The maximum atomic E-state index is 12.4. The van der Waals surface area contributed by atoms with Gasteiger partial charge in [0.1, 0.15) is 5.92 Å². The molecule has 1 aromatic rings. The van der Waals surface area contributed by atoms with Crippen LogP contribution in [-0.4, -0.2) is 48.4 Å². The Morgan fingerprint density at radius 2 is 2.07 bits per heavy atom. The van der Waals surface area contributed by atoms with Gasteiger partial charge in [0.15, 0.2) is 5.78 Å². The van der Waals surface area contributed by atoms with E-state index in [1.165, 1.54) is 25.2 Å². The maximum Gasteiger partial charge on any atom is 0.554 e. The van der Waals surface area contributed by atoms with Gasteiger partial charge in [-0.2, -0.15) is 0 Å². The van der Waals surface area contributed by atoms with Gasteiger partial charge in [-0.15, -0.1) is 0 Å². The Bertz CT molecular complexity index is 791. The molecular formula is C23H30BNO4. The fourth-order valence-electron chi connectivity index (χ4n) is 5.61. The van der Waals surface area contributed by atoms with Gasteiger partial charge in [-0.1, -0.05) is 50.3 Å². The van der Waals surface area contributed by atoms with Gasteiger partial charge in [0.2, 0.25) is 0 Å². The van der Waals surface area contributed by atoms with Crippen LogP contribution in [0.5, 0.6) is 0 Å². The monoisotopic (exact) mass is 395 g/mol. The molecule has 6 heteroatoms. The fourth-order valence-corrected chi connectivity index (χ4v) is 5.61. The van der Waals surface area contributed by atoms with Gasteiger partial charge in [-0.3, -0.25) is 14.5 Å². The first-order chi connectivity index (χ1) is 13.8. The lowest BCUT2D eigenvalue weighted by Crippen LogP contribution is -2.54. The van der Waals surface area contributed by atoms with E-state index >= 15 is 0 Å². The largest absolute Gasteiger partial charge is 0.554 e. The van der Waals surface area contributed by atoms with E-state index in [-0.39, 0.29) is 5.78 Å². The van der Waals surface area contributed by atoms with Crippen LogP contribution in [0.25, 0.3) is 6.08 Å². The average molecular weight is 395 g/mol. The van der Waals surface area contributed by atoms with Crippen molar-refractivity contribution in [3.05, 3.63) is 41.9 Å². The SMILES string of the molecule is CC1(C)C2C[C@H]1CC[C@@H]2CN1CC(=O)C(C(=O)OB(O)/C=C/c2ccccc2)C1. The van der Waals surface area contributed by atoms with Gasteiger partial charge in [0.25, 0.3) is 0 Å².